The average molecular weight is 416 g/mol. The van der Waals surface area contributed by atoms with Crippen molar-refractivity contribution < 1.29 is 14.3 Å². The van der Waals surface area contributed by atoms with Crippen LogP contribution in [0.2, 0.25) is 0 Å². The van der Waals surface area contributed by atoms with Gasteiger partial charge in [-0.2, -0.15) is 0 Å². The smallest absolute Gasteiger partial charge is 0.232 e. The second kappa shape index (κ2) is 9.13. The predicted octanol–water partition coefficient (Wildman–Crippen LogP) is 3.96. The summed E-state index contributed by atoms with van der Waals surface area (Å²) in [4.78, 5) is 24.0. The van der Waals surface area contributed by atoms with E-state index in [2.05, 4.69) is 13.8 Å². The minimum atomic E-state index is -0.266. The molecule has 1 amide bonds. The molecule has 1 aromatic carbocycles. The van der Waals surface area contributed by atoms with Crippen LogP contribution in [0.4, 0.5) is 0 Å². The number of methoxy groups -OCH3 is 1. The molecule has 0 unspecified atom stereocenters. The fourth-order valence-corrected chi connectivity index (χ4v) is 4.25. The summed E-state index contributed by atoms with van der Waals surface area (Å²) < 4.78 is 11.3. The normalized spacial score (nSPS) is 14.9. The van der Waals surface area contributed by atoms with Crippen molar-refractivity contribution in [2.24, 2.45) is 0 Å². The number of carbonyl (C=O) groups is 1. The zero-order valence-electron chi connectivity index (χ0n) is 17.8. The summed E-state index contributed by atoms with van der Waals surface area (Å²) in [5.74, 6) is 1.94. The fourth-order valence-electron chi connectivity index (χ4n) is 3.31. The summed E-state index contributed by atoms with van der Waals surface area (Å²) in [6.07, 6.45) is 0.714. The molecular weight excluding hydrogens is 386 g/mol. The van der Waals surface area contributed by atoms with Gasteiger partial charge in [0.1, 0.15) is 10.8 Å². The molecule has 2 heterocycles. The number of hydrogen-bond donors (Lipinski definition) is 0. The third-order valence-electron chi connectivity index (χ3n) is 5.05. The molecule has 0 radical (unpaired) electrons. The van der Waals surface area contributed by atoms with Gasteiger partial charge in [0, 0.05) is 30.6 Å². The first kappa shape index (κ1) is 21.6. The second-order valence-electron chi connectivity index (χ2n) is 7.59. The highest BCUT2D eigenvalue weighted by Crippen LogP contribution is 2.34. The van der Waals surface area contributed by atoms with Crippen LogP contribution in [0.15, 0.2) is 29.3 Å². The molecule has 0 aliphatic carbocycles. The quantitative estimate of drug-likeness (QED) is 0.504. The van der Waals surface area contributed by atoms with Crippen molar-refractivity contribution in [3.05, 3.63) is 35.5 Å². The van der Waals surface area contributed by atoms with Gasteiger partial charge in [-0.05, 0) is 52.0 Å². The van der Waals surface area contributed by atoms with Gasteiger partial charge in [-0.3, -0.25) is 4.79 Å². The molecule has 0 fully saturated rings. The number of nitrogens with zero attached hydrogens (tertiary/aromatic N) is 3. The van der Waals surface area contributed by atoms with Crippen LogP contribution in [-0.2, 0) is 22.6 Å². The molecule has 0 saturated heterocycles. The Morgan fingerprint density at radius 3 is 2.52 bits per heavy atom. The lowest BCUT2D eigenvalue weighted by atomic mass is 9.96. The molecule has 1 aliphatic heterocycles. The lowest BCUT2D eigenvalue weighted by molar-refractivity contribution is -0.127. The summed E-state index contributed by atoms with van der Waals surface area (Å²) >= 11 is 1.47. The van der Waals surface area contributed by atoms with Crippen molar-refractivity contribution in [3.8, 4) is 17.1 Å². The molecule has 0 bridgehead atoms. The van der Waals surface area contributed by atoms with E-state index in [1.165, 1.54) is 11.8 Å². The van der Waals surface area contributed by atoms with Crippen LogP contribution < -0.4 is 4.74 Å². The highest BCUT2D eigenvalue weighted by atomic mass is 32.2. The van der Waals surface area contributed by atoms with E-state index in [0.29, 0.717) is 37.7 Å². The minimum absolute atomic E-state index is 0.121. The Balaban J connectivity index is 1.94. The van der Waals surface area contributed by atoms with Gasteiger partial charge in [0.05, 0.1) is 30.8 Å². The first-order chi connectivity index (χ1) is 13.9. The number of rotatable bonds is 7. The topological polar surface area (TPSA) is 64.6 Å². The molecule has 1 aromatic heterocycles. The van der Waals surface area contributed by atoms with E-state index in [1.54, 1.807) is 7.11 Å². The zero-order chi connectivity index (χ0) is 21.0. The molecule has 29 heavy (non-hydrogen) atoms. The lowest BCUT2D eigenvalue weighted by Gasteiger charge is -2.32. The second-order valence-corrected chi connectivity index (χ2v) is 8.55. The van der Waals surface area contributed by atoms with Crippen LogP contribution in [0.5, 0.6) is 5.75 Å². The van der Waals surface area contributed by atoms with Crippen LogP contribution in [-0.4, -0.2) is 52.3 Å². The Morgan fingerprint density at radius 1 is 1.21 bits per heavy atom. The summed E-state index contributed by atoms with van der Waals surface area (Å²) in [5.41, 5.74) is 2.66. The third-order valence-corrected chi connectivity index (χ3v) is 6.05. The molecule has 7 heteroatoms. The summed E-state index contributed by atoms with van der Waals surface area (Å²) in [6.45, 7) is 10.0. The summed E-state index contributed by atoms with van der Waals surface area (Å²) in [7, 11) is 1.65. The number of aromatic nitrogens is 2. The third kappa shape index (κ3) is 5.08. The van der Waals surface area contributed by atoms with Gasteiger partial charge >= 0.3 is 0 Å². The molecule has 0 saturated carbocycles. The van der Waals surface area contributed by atoms with Gasteiger partial charge in [-0.25, -0.2) is 9.97 Å². The van der Waals surface area contributed by atoms with E-state index < -0.39 is 0 Å². The van der Waals surface area contributed by atoms with E-state index in [9.17, 15) is 4.79 Å². The van der Waals surface area contributed by atoms with Crippen LogP contribution in [0.25, 0.3) is 11.4 Å². The van der Waals surface area contributed by atoms with E-state index in [1.807, 2.05) is 43.0 Å². The molecule has 6 nitrogen and oxygen atoms in total. The minimum Gasteiger partial charge on any atom is -0.497 e. The number of benzene rings is 1. The number of hydrogen-bond acceptors (Lipinski definition) is 6. The maximum Gasteiger partial charge on any atom is 0.232 e. The molecular formula is C22H29N3O3S. The van der Waals surface area contributed by atoms with Crippen molar-refractivity contribution in [2.75, 3.05) is 26.0 Å². The number of ether oxygens (including phenoxy) is 2. The molecule has 156 valence electrons. The van der Waals surface area contributed by atoms with Gasteiger partial charge in [0.2, 0.25) is 5.91 Å². The van der Waals surface area contributed by atoms with Crippen molar-refractivity contribution >= 4 is 17.7 Å². The monoisotopic (exact) mass is 415 g/mol. The van der Waals surface area contributed by atoms with Crippen molar-refractivity contribution in [1.82, 2.24) is 14.9 Å². The first-order valence-corrected chi connectivity index (χ1v) is 10.9. The average Bonchev–Trinajstić information content (AvgIpc) is 2.71. The number of thioether (sulfide) groups is 1. The zero-order valence-corrected chi connectivity index (χ0v) is 18.6. The van der Waals surface area contributed by atoms with Crippen LogP contribution >= 0.6 is 11.8 Å². The van der Waals surface area contributed by atoms with Crippen LogP contribution in [0, 0.1) is 0 Å². The molecule has 2 aromatic rings. The largest absolute Gasteiger partial charge is 0.497 e. The van der Waals surface area contributed by atoms with E-state index in [4.69, 9.17) is 19.4 Å². The fraction of sp³-hybridized carbons (Fsp3) is 0.500. The number of amides is 1. The van der Waals surface area contributed by atoms with Crippen LogP contribution in [0.3, 0.4) is 0 Å². The standard InChI is InChI=1S/C22H29N3O3S/c1-6-25(7-2)19(26)14-29-21-17-13-28-22(3,4)12-18(17)23-20(24-21)15-8-10-16(27-5)11-9-15/h8-11H,6-7,12-14H2,1-5H3. The highest BCUT2D eigenvalue weighted by molar-refractivity contribution is 7.99. The van der Waals surface area contributed by atoms with Gasteiger partial charge in [0.25, 0.3) is 0 Å². The molecule has 0 atom stereocenters. The van der Waals surface area contributed by atoms with E-state index in [0.717, 1.165) is 27.6 Å². The van der Waals surface area contributed by atoms with Crippen molar-refractivity contribution in [3.63, 3.8) is 0 Å². The van der Waals surface area contributed by atoms with E-state index in [-0.39, 0.29) is 11.5 Å². The Kier molecular flexibility index (Phi) is 6.80. The van der Waals surface area contributed by atoms with Gasteiger partial charge in [0.15, 0.2) is 5.82 Å². The Bertz CT molecular complexity index is 864. The molecule has 0 N–H and O–H groups in total. The predicted molar refractivity (Wildman–Crippen MR) is 115 cm³/mol. The maximum atomic E-state index is 12.5. The maximum absolute atomic E-state index is 12.5. The summed E-state index contributed by atoms with van der Waals surface area (Å²) in [5, 5.41) is 0.830. The SMILES string of the molecule is CCN(CC)C(=O)CSc1nc(-c2ccc(OC)cc2)nc2c1COC(C)(C)C2. The van der Waals surface area contributed by atoms with Gasteiger partial charge in [-0.15, -0.1) is 0 Å². The Morgan fingerprint density at radius 2 is 1.90 bits per heavy atom. The first-order valence-electron chi connectivity index (χ1n) is 9.95. The van der Waals surface area contributed by atoms with E-state index >= 15 is 0 Å². The highest BCUT2D eigenvalue weighted by Gasteiger charge is 2.30. The van der Waals surface area contributed by atoms with Crippen molar-refractivity contribution in [2.45, 2.75) is 51.3 Å². The lowest BCUT2D eigenvalue weighted by Crippen LogP contribution is -2.33. The van der Waals surface area contributed by atoms with Crippen molar-refractivity contribution in [1.29, 1.82) is 0 Å². The number of fused-ring (bicyclic) bond motifs is 1. The molecule has 1 aliphatic rings. The summed E-state index contributed by atoms with van der Waals surface area (Å²) in [6, 6.07) is 7.73. The number of carbonyl (C=O) groups excluding carboxylic acids is 1. The van der Waals surface area contributed by atoms with Crippen LogP contribution in [0.1, 0.15) is 39.0 Å². The van der Waals surface area contributed by atoms with Gasteiger partial charge in [-0.1, -0.05) is 11.8 Å². The van der Waals surface area contributed by atoms with Gasteiger partial charge < -0.3 is 14.4 Å². The Labute approximate surface area is 177 Å². The Hall–Kier alpha value is -2.12. The molecule has 3 rings (SSSR count). The molecule has 0 spiro atoms.